The van der Waals surface area contributed by atoms with E-state index >= 15 is 0 Å². The summed E-state index contributed by atoms with van der Waals surface area (Å²) in [5, 5.41) is 3.84. The van der Waals surface area contributed by atoms with E-state index in [0.717, 1.165) is 0 Å². The molecule has 0 atom stereocenters. The van der Waals surface area contributed by atoms with E-state index < -0.39 is 0 Å². The average Bonchev–Trinajstić information content (AvgIpc) is 2.58. The molecular weight excluding hydrogens is 144 g/mol. The summed E-state index contributed by atoms with van der Waals surface area (Å²) in [6.07, 6.45) is 6.31. The van der Waals surface area contributed by atoms with Gasteiger partial charge in [-0.1, -0.05) is 19.3 Å². The fourth-order valence-electron chi connectivity index (χ4n) is 1.62. The van der Waals surface area contributed by atoms with Crippen LogP contribution in [0.3, 0.4) is 0 Å². The third kappa shape index (κ3) is 1.39. The van der Waals surface area contributed by atoms with Crippen LogP contribution in [0, 0.1) is 0 Å². The van der Waals surface area contributed by atoms with E-state index in [4.69, 9.17) is 4.52 Å². The number of hydrogen-bond donors (Lipinski definition) is 0. The summed E-state index contributed by atoms with van der Waals surface area (Å²) in [4.78, 5) is 1.62. The van der Waals surface area contributed by atoms with Gasteiger partial charge in [0.1, 0.15) is 0 Å². The van der Waals surface area contributed by atoms with Crippen molar-refractivity contribution >= 4 is 0 Å². The molecule has 64 valence electrons. The zero-order valence-corrected chi connectivity index (χ0v) is 6.44. The van der Waals surface area contributed by atoms with E-state index in [0.29, 0.717) is 6.04 Å². The molecule has 0 unspecified atom stereocenters. The fourth-order valence-corrected chi connectivity index (χ4v) is 1.62. The number of hydrogen-bond acceptors (Lipinski definition) is 1. The lowest BCUT2D eigenvalue weighted by Crippen LogP contribution is -2.13. The molecule has 1 heterocycles. The molecule has 1 aliphatic rings. The molecule has 2 rings (SSSR count). The molecule has 1 aromatic heterocycles. The molecule has 0 radical (unpaired) electrons. The van der Waals surface area contributed by atoms with Crippen molar-refractivity contribution in [2.45, 2.75) is 38.1 Å². The molecule has 1 N–H and O–H groups in total. The molecule has 0 saturated heterocycles. The Labute approximate surface area is 64.7 Å². The Morgan fingerprint density at radius 2 is 2.18 bits per heavy atom. The molecule has 4 heteroatoms. The van der Waals surface area contributed by atoms with E-state index in [2.05, 4.69) is 9.79 Å². The minimum atomic E-state index is 0.464. The Kier molecular flexibility index (Phi) is 1.83. The van der Waals surface area contributed by atoms with Crippen molar-refractivity contribution in [2.75, 3.05) is 0 Å². The smallest absolute Gasteiger partial charge is 0.152 e. The number of rotatable bonds is 1. The summed E-state index contributed by atoms with van der Waals surface area (Å²) < 4.78 is 8.71. The average molecular weight is 157 g/mol. The van der Waals surface area contributed by atoms with Crippen LogP contribution in [0.15, 0.2) is 15.5 Å². The Balaban J connectivity index is 2.04. The lowest BCUT2D eigenvalue weighted by molar-refractivity contribution is 0.140. The summed E-state index contributed by atoms with van der Waals surface area (Å²) in [5.41, 5.74) is 0. The van der Waals surface area contributed by atoms with E-state index in [-0.39, 0.29) is 0 Å². The molecule has 0 bridgehead atoms. The first kappa shape index (κ1) is 6.76. The van der Waals surface area contributed by atoms with Crippen molar-refractivity contribution in [3.63, 3.8) is 0 Å². The molecule has 1 aromatic rings. The van der Waals surface area contributed by atoms with Crippen LogP contribution < -0.4 is 5.27 Å². The maximum atomic E-state index is 5.07. The van der Waals surface area contributed by atoms with Crippen LogP contribution >= 0.6 is 0 Å². The van der Waals surface area contributed by atoms with Gasteiger partial charge in [0.05, 0.1) is 6.04 Å². The van der Waals surface area contributed by atoms with Crippen molar-refractivity contribution < 1.29 is 9.05 Å². The van der Waals surface area contributed by atoms with Crippen molar-refractivity contribution in [3.05, 3.63) is 6.46 Å². The van der Waals surface area contributed by atoms with Gasteiger partial charge in [-0.2, -0.15) is 4.85 Å². The summed E-state index contributed by atoms with van der Waals surface area (Å²) in [6.45, 7) is 1.38. The van der Waals surface area contributed by atoms with Gasteiger partial charge in [-0.05, 0) is 12.8 Å². The van der Waals surface area contributed by atoms with Crippen molar-refractivity contribution in [1.29, 1.82) is 0 Å². The van der Waals surface area contributed by atoms with Crippen LogP contribution in [0.1, 0.15) is 38.1 Å². The predicted molar refractivity (Wildman–Crippen MR) is 38.7 cm³/mol. The first-order valence-electron chi connectivity index (χ1n) is 4.15. The minimum absolute atomic E-state index is 0.464. The topological polar surface area (TPSA) is 45.0 Å². The van der Waals surface area contributed by atoms with Crippen LogP contribution in [0.5, 0.6) is 0 Å². The van der Waals surface area contributed by atoms with Gasteiger partial charge in [0, 0.05) is 0 Å². The van der Waals surface area contributed by atoms with Gasteiger partial charge >= 0.3 is 0 Å². The van der Waals surface area contributed by atoms with Gasteiger partial charge in [0.2, 0.25) is 0 Å². The Bertz CT molecular complexity index is 204. The molecule has 0 aliphatic heterocycles. The van der Waals surface area contributed by atoms with Crippen LogP contribution in [-0.4, -0.2) is 4.85 Å². The lowest BCUT2D eigenvalue weighted by atomic mass is 9.96. The largest absolute Gasteiger partial charge is 0.733 e. The molecule has 0 aromatic carbocycles. The van der Waals surface area contributed by atoms with Crippen LogP contribution in [-0.2, 0) is 0 Å². The van der Waals surface area contributed by atoms with Gasteiger partial charge < -0.3 is 14.3 Å². The minimum Gasteiger partial charge on any atom is -0.733 e. The van der Waals surface area contributed by atoms with Crippen molar-refractivity contribution in [2.24, 2.45) is 0 Å². The second-order valence-corrected chi connectivity index (χ2v) is 3.01. The molecular formula is C7H13N2O2-. The third-order valence-corrected chi connectivity index (χ3v) is 2.23. The monoisotopic (exact) mass is 157 g/mol. The van der Waals surface area contributed by atoms with E-state index in [9.17, 15) is 0 Å². The zero-order valence-electron chi connectivity index (χ0n) is 6.44. The maximum absolute atomic E-state index is 5.07. The standard InChI is InChI=1S/C7H13N2O2/c1-2-4-7(5-3-1)9-8-10-6-11-9/h6-7,10H,1-5H2/q-1. The van der Waals surface area contributed by atoms with E-state index in [1.165, 1.54) is 38.6 Å². The van der Waals surface area contributed by atoms with E-state index in [1.54, 1.807) is 4.85 Å². The summed E-state index contributed by atoms with van der Waals surface area (Å²) in [5.74, 6) is 0. The first-order chi connectivity index (χ1) is 5.47. The maximum Gasteiger partial charge on any atom is 0.152 e. The molecule has 1 saturated carbocycles. The van der Waals surface area contributed by atoms with Gasteiger partial charge in [-0.3, -0.25) is 0 Å². The highest BCUT2D eigenvalue weighted by Gasteiger charge is 2.13. The van der Waals surface area contributed by atoms with Gasteiger partial charge in [-0.25, -0.2) is 0 Å². The Morgan fingerprint density at radius 3 is 2.82 bits per heavy atom. The van der Waals surface area contributed by atoms with Crippen LogP contribution in [0.2, 0.25) is 0 Å². The SMILES string of the molecule is [cH-]1on(C2CCCCC2)[n-][oH+]1. The molecule has 0 amide bonds. The second-order valence-electron chi connectivity index (χ2n) is 3.01. The molecule has 4 nitrogen and oxygen atoms in total. The highest BCUT2D eigenvalue weighted by atomic mass is 16.7. The van der Waals surface area contributed by atoms with Crippen LogP contribution in [0.25, 0.3) is 0 Å². The number of nitrogens with zero attached hydrogens (tertiary/aromatic N) is 2. The number of aromatic nitrogens is 2. The second kappa shape index (κ2) is 2.98. The van der Waals surface area contributed by atoms with Gasteiger partial charge in [0.15, 0.2) is 6.46 Å². The molecule has 1 fully saturated rings. The highest BCUT2D eigenvalue weighted by molar-refractivity contribution is 4.65. The van der Waals surface area contributed by atoms with Gasteiger partial charge in [0.25, 0.3) is 0 Å². The molecule has 0 spiro atoms. The summed E-state index contributed by atoms with van der Waals surface area (Å²) in [7, 11) is 0. The summed E-state index contributed by atoms with van der Waals surface area (Å²) >= 11 is 0. The van der Waals surface area contributed by atoms with E-state index in [1.807, 2.05) is 0 Å². The Hall–Kier alpha value is -0.930. The normalized spacial score (nSPS) is 20.4. The Morgan fingerprint density at radius 1 is 1.36 bits per heavy atom. The fraction of sp³-hybridized carbons (Fsp3) is 0.857. The zero-order chi connectivity index (χ0) is 7.52. The highest BCUT2D eigenvalue weighted by Crippen LogP contribution is 2.26. The van der Waals surface area contributed by atoms with Gasteiger partial charge in [-0.15, -0.1) is 0 Å². The van der Waals surface area contributed by atoms with Crippen molar-refractivity contribution in [1.82, 2.24) is 10.1 Å². The third-order valence-electron chi connectivity index (χ3n) is 2.23. The first-order valence-corrected chi connectivity index (χ1v) is 4.15. The summed E-state index contributed by atoms with van der Waals surface area (Å²) in [6, 6.07) is 0.464. The quantitative estimate of drug-likeness (QED) is 0.463. The molecule has 1 aliphatic carbocycles. The lowest BCUT2D eigenvalue weighted by Gasteiger charge is -2.22. The molecule has 11 heavy (non-hydrogen) atoms. The van der Waals surface area contributed by atoms with Crippen molar-refractivity contribution in [3.8, 4) is 0 Å². The predicted octanol–water partition coefficient (Wildman–Crippen LogP) is 2.09. The van der Waals surface area contributed by atoms with Crippen LogP contribution in [0.4, 0.5) is 0 Å².